The van der Waals surface area contributed by atoms with Gasteiger partial charge in [-0.15, -0.1) is 0 Å². The van der Waals surface area contributed by atoms with Crippen molar-refractivity contribution in [2.75, 3.05) is 6.61 Å². The summed E-state index contributed by atoms with van der Waals surface area (Å²) >= 11 is 0. The number of ether oxygens (including phenoxy) is 1. The zero-order valence-electron chi connectivity index (χ0n) is 9.29. The van der Waals surface area contributed by atoms with Crippen LogP contribution in [0.3, 0.4) is 0 Å². The first-order valence-electron chi connectivity index (χ1n) is 5.29. The summed E-state index contributed by atoms with van der Waals surface area (Å²) in [6.45, 7) is 5.97. The van der Waals surface area contributed by atoms with Gasteiger partial charge in [-0.3, -0.25) is 4.79 Å². The van der Waals surface area contributed by atoms with Crippen molar-refractivity contribution in [1.29, 1.82) is 0 Å². The molecule has 0 radical (unpaired) electrons. The number of carbonyl (C=O) groups excluding carboxylic acids is 2. The van der Waals surface area contributed by atoms with Crippen LogP contribution >= 0.6 is 0 Å². The van der Waals surface area contributed by atoms with Gasteiger partial charge in [0.15, 0.2) is 0 Å². The van der Waals surface area contributed by atoms with Crippen LogP contribution < -0.4 is 0 Å². The Bertz CT molecular complexity index is 177. The second-order valence-corrected chi connectivity index (χ2v) is 3.48. The molecule has 0 rings (SSSR count). The van der Waals surface area contributed by atoms with Gasteiger partial charge >= 0.3 is 5.97 Å². The highest BCUT2D eigenvalue weighted by atomic mass is 16.5. The Hall–Kier alpha value is -0.860. The molecular weight excluding hydrogens is 180 g/mol. The molecule has 0 aliphatic heterocycles. The van der Waals surface area contributed by atoms with Crippen molar-refractivity contribution in [3.8, 4) is 0 Å². The molecule has 0 heterocycles. The Morgan fingerprint density at radius 1 is 1.43 bits per heavy atom. The second kappa shape index (κ2) is 7.54. The zero-order valence-corrected chi connectivity index (χ0v) is 9.29. The number of aldehydes is 1. The highest BCUT2D eigenvalue weighted by molar-refractivity contribution is 5.76. The van der Waals surface area contributed by atoms with E-state index in [1.54, 1.807) is 13.8 Å². The van der Waals surface area contributed by atoms with Crippen LogP contribution in [0.5, 0.6) is 0 Å². The largest absolute Gasteiger partial charge is 0.466 e. The van der Waals surface area contributed by atoms with E-state index >= 15 is 0 Å². The summed E-state index contributed by atoms with van der Waals surface area (Å²) in [5, 5.41) is 0. The minimum atomic E-state index is -0.306. The van der Waals surface area contributed by atoms with Gasteiger partial charge in [0.2, 0.25) is 0 Å². The van der Waals surface area contributed by atoms with Gasteiger partial charge in [0.1, 0.15) is 6.29 Å². The summed E-state index contributed by atoms with van der Waals surface area (Å²) in [5.74, 6) is -0.756. The highest BCUT2D eigenvalue weighted by Crippen LogP contribution is 2.17. The minimum Gasteiger partial charge on any atom is -0.466 e. The Morgan fingerprint density at radius 3 is 2.50 bits per heavy atom. The highest BCUT2D eigenvalue weighted by Gasteiger charge is 2.23. The molecule has 0 bridgehead atoms. The van der Waals surface area contributed by atoms with E-state index in [4.69, 9.17) is 4.74 Å². The van der Waals surface area contributed by atoms with Crippen LogP contribution in [0.25, 0.3) is 0 Å². The number of unbranched alkanes of at least 4 members (excludes halogenated alkanes) is 1. The number of hydrogen-bond donors (Lipinski definition) is 0. The monoisotopic (exact) mass is 200 g/mol. The average Bonchev–Trinajstić information content (AvgIpc) is 2.19. The summed E-state index contributed by atoms with van der Waals surface area (Å²) in [6.07, 6.45) is 3.67. The maximum Gasteiger partial charge on any atom is 0.309 e. The van der Waals surface area contributed by atoms with Crippen LogP contribution in [0.15, 0.2) is 0 Å². The van der Waals surface area contributed by atoms with E-state index in [-0.39, 0.29) is 17.8 Å². The molecule has 3 nitrogen and oxygen atoms in total. The lowest BCUT2D eigenvalue weighted by molar-refractivity contribution is -0.150. The van der Waals surface area contributed by atoms with Crippen molar-refractivity contribution in [2.24, 2.45) is 11.8 Å². The number of rotatable bonds is 7. The van der Waals surface area contributed by atoms with E-state index in [0.717, 1.165) is 25.5 Å². The summed E-state index contributed by atoms with van der Waals surface area (Å²) in [7, 11) is 0. The Morgan fingerprint density at radius 2 is 2.07 bits per heavy atom. The molecule has 0 aromatic heterocycles. The van der Waals surface area contributed by atoms with Gasteiger partial charge in [0, 0.05) is 5.92 Å². The van der Waals surface area contributed by atoms with Gasteiger partial charge in [-0.25, -0.2) is 0 Å². The standard InChI is InChI=1S/C11H20O3/c1-4-6-7-10(8-12)9(3)11(13)14-5-2/h8-10H,4-7H2,1-3H3/t9?,10-/m1/s1. The first-order chi connectivity index (χ1) is 6.67. The van der Waals surface area contributed by atoms with Crippen molar-refractivity contribution < 1.29 is 14.3 Å². The molecular formula is C11H20O3. The fourth-order valence-corrected chi connectivity index (χ4v) is 1.32. The smallest absolute Gasteiger partial charge is 0.309 e. The van der Waals surface area contributed by atoms with Gasteiger partial charge in [-0.1, -0.05) is 26.7 Å². The molecule has 0 saturated heterocycles. The molecule has 14 heavy (non-hydrogen) atoms. The van der Waals surface area contributed by atoms with Crippen LogP contribution in [0.1, 0.15) is 40.0 Å². The average molecular weight is 200 g/mol. The molecule has 0 aromatic carbocycles. The maximum absolute atomic E-state index is 11.3. The predicted molar refractivity (Wildman–Crippen MR) is 54.9 cm³/mol. The predicted octanol–water partition coefficient (Wildman–Crippen LogP) is 2.19. The lowest BCUT2D eigenvalue weighted by atomic mass is 9.91. The first-order valence-corrected chi connectivity index (χ1v) is 5.29. The summed E-state index contributed by atoms with van der Waals surface area (Å²) < 4.78 is 4.87. The maximum atomic E-state index is 11.3. The topological polar surface area (TPSA) is 43.4 Å². The lowest BCUT2D eigenvalue weighted by Crippen LogP contribution is -2.24. The quantitative estimate of drug-likeness (QED) is 0.467. The summed E-state index contributed by atoms with van der Waals surface area (Å²) in [4.78, 5) is 22.1. The molecule has 0 fully saturated rings. The summed E-state index contributed by atoms with van der Waals surface area (Å²) in [6, 6.07) is 0. The van der Waals surface area contributed by atoms with Crippen LogP contribution in [0, 0.1) is 11.8 Å². The van der Waals surface area contributed by atoms with Crippen LogP contribution in [-0.4, -0.2) is 18.9 Å². The molecule has 0 spiro atoms. The molecule has 0 amide bonds. The SMILES string of the molecule is CCCC[C@H](C=O)C(C)C(=O)OCC. The van der Waals surface area contributed by atoms with Gasteiger partial charge in [-0.05, 0) is 13.3 Å². The third kappa shape index (κ3) is 4.40. The van der Waals surface area contributed by atoms with Crippen molar-refractivity contribution >= 4 is 12.3 Å². The van der Waals surface area contributed by atoms with E-state index in [9.17, 15) is 9.59 Å². The molecule has 82 valence electrons. The van der Waals surface area contributed by atoms with Gasteiger partial charge in [-0.2, -0.15) is 0 Å². The van der Waals surface area contributed by atoms with Crippen molar-refractivity contribution in [3.63, 3.8) is 0 Å². The van der Waals surface area contributed by atoms with Crippen molar-refractivity contribution in [2.45, 2.75) is 40.0 Å². The molecule has 0 aliphatic rings. The molecule has 1 unspecified atom stereocenters. The van der Waals surface area contributed by atoms with E-state index < -0.39 is 0 Å². The number of hydrogen-bond acceptors (Lipinski definition) is 3. The normalized spacial score (nSPS) is 14.5. The minimum absolute atomic E-state index is 0.186. The Labute approximate surface area is 85.8 Å². The fraction of sp³-hybridized carbons (Fsp3) is 0.818. The van der Waals surface area contributed by atoms with Gasteiger partial charge in [0.05, 0.1) is 12.5 Å². The molecule has 0 aliphatic carbocycles. The van der Waals surface area contributed by atoms with E-state index in [0.29, 0.717) is 6.61 Å². The van der Waals surface area contributed by atoms with E-state index in [1.165, 1.54) is 0 Å². The fourth-order valence-electron chi connectivity index (χ4n) is 1.32. The van der Waals surface area contributed by atoms with E-state index in [1.807, 2.05) is 0 Å². The third-order valence-electron chi connectivity index (χ3n) is 2.37. The number of esters is 1. The van der Waals surface area contributed by atoms with Gasteiger partial charge < -0.3 is 9.53 Å². The zero-order chi connectivity index (χ0) is 11.0. The van der Waals surface area contributed by atoms with E-state index in [2.05, 4.69) is 6.92 Å². The van der Waals surface area contributed by atoms with Crippen LogP contribution in [0.2, 0.25) is 0 Å². The third-order valence-corrected chi connectivity index (χ3v) is 2.37. The summed E-state index contributed by atoms with van der Waals surface area (Å²) in [5.41, 5.74) is 0. The molecule has 2 atom stereocenters. The lowest BCUT2D eigenvalue weighted by Gasteiger charge is -2.16. The van der Waals surface area contributed by atoms with Crippen molar-refractivity contribution in [1.82, 2.24) is 0 Å². The van der Waals surface area contributed by atoms with Crippen LogP contribution in [0.4, 0.5) is 0 Å². The van der Waals surface area contributed by atoms with Crippen molar-refractivity contribution in [3.05, 3.63) is 0 Å². The molecule has 0 saturated carbocycles. The Balaban J connectivity index is 4.08. The first kappa shape index (κ1) is 13.1. The second-order valence-electron chi connectivity index (χ2n) is 3.48. The number of carbonyl (C=O) groups is 2. The molecule has 3 heteroatoms. The Kier molecular flexibility index (Phi) is 7.07. The van der Waals surface area contributed by atoms with Gasteiger partial charge in [0.25, 0.3) is 0 Å². The molecule has 0 N–H and O–H groups in total. The van der Waals surface area contributed by atoms with Crippen LogP contribution in [-0.2, 0) is 14.3 Å². The molecule has 0 aromatic rings.